The molecule has 1 aliphatic rings. The second kappa shape index (κ2) is 8.86. The van der Waals surface area contributed by atoms with Crippen LogP contribution in [0.3, 0.4) is 0 Å². The molecule has 1 saturated heterocycles. The van der Waals surface area contributed by atoms with Gasteiger partial charge in [0.05, 0.1) is 18.2 Å². The van der Waals surface area contributed by atoms with E-state index in [1.54, 1.807) is 20.8 Å². The first kappa shape index (κ1) is 22.4. The molecule has 164 valence electrons. The highest BCUT2D eigenvalue weighted by molar-refractivity contribution is 7.89. The quantitative estimate of drug-likeness (QED) is 0.647. The van der Waals surface area contributed by atoms with Gasteiger partial charge in [-0.05, 0) is 40.5 Å². The number of nitrogens with zero attached hydrogens (tertiary/aromatic N) is 2. The van der Waals surface area contributed by atoms with E-state index in [1.165, 1.54) is 15.6 Å². The number of ether oxygens (including phenoxy) is 1. The van der Waals surface area contributed by atoms with Crippen LogP contribution in [0.15, 0.2) is 10.3 Å². The minimum absolute atomic E-state index is 0.0270. The minimum atomic E-state index is -3.99. The van der Waals surface area contributed by atoms with Crippen LogP contribution in [0.5, 0.6) is 0 Å². The molecule has 0 unspecified atom stereocenters. The first-order chi connectivity index (χ1) is 14.1. The monoisotopic (exact) mass is 454 g/mol. The number of aromatic nitrogens is 2. The first-order valence-electron chi connectivity index (χ1n) is 9.74. The number of nitrogens with one attached hydrogen (secondary N) is 2. The van der Waals surface area contributed by atoms with E-state index in [4.69, 9.17) is 4.74 Å². The molecule has 11 heteroatoms. The van der Waals surface area contributed by atoms with Gasteiger partial charge >= 0.3 is 5.97 Å². The number of rotatable bonds is 6. The summed E-state index contributed by atoms with van der Waals surface area (Å²) in [5, 5.41) is 5.11. The maximum Gasteiger partial charge on any atom is 0.341 e. The summed E-state index contributed by atoms with van der Waals surface area (Å²) in [5.74, 6) is -1.43. The Hall–Kier alpha value is -2.24. The molecule has 3 rings (SSSR count). The van der Waals surface area contributed by atoms with E-state index >= 15 is 0 Å². The lowest BCUT2D eigenvalue weighted by Gasteiger charge is -2.31. The molecule has 0 bridgehead atoms. The zero-order chi connectivity index (χ0) is 22.1. The number of sulfonamides is 1. The van der Waals surface area contributed by atoms with E-state index in [1.807, 2.05) is 12.3 Å². The van der Waals surface area contributed by atoms with Gasteiger partial charge in [0, 0.05) is 29.9 Å². The number of amides is 1. The van der Waals surface area contributed by atoms with Gasteiger partial charge in [0.2, 0.25) is 15.9 Å². The maximum atomic E-state index is 13.4. The molecule has 30 heavy (non-hydrogen) atoms. The van der Waals surface area contributed by atoms with Crippen molar-refractivity contribution in [3.8, 4) is 0 Å². The molecule has 1 fully saturated rings. The van der Waals surface area contributed by atoms with E-state index < -0.39 is 21.9 Å². The lowest BCUT2D eigenvalue weighted by Crippen LogP contribution is -2.44. The number of carbonyl (C=O) groups excluding carboxylic acids is 2. The van der Waals surface area contributed by atoms with Crippen molar-refractivity contribution in [2.24, 2.45) is 5.92 Å². The number of carbonyl (C=O) groups is 2. The fourth-order valence-corrected chi connectivity index (χ4v) is 6.28. The Labute approximate surface area is 179 Å². The largest absolute Gasteiger partial charge is 0.462 e. The smallest absolute Gasteiger partial charge is 0.341 e. The van der Waals surface area contributed by atoms with Crippen LogP contribution >= 0.6 is 11.3 Å². The second-order valence-corrected chi connectivity index (χ2v) is 10.0. The molecule has 2 aromatic heterocycles. The molecular weight excluding hydrogens is 428 g/mol. The Morgan fingerprint density at radius 2 is 2.07 bits per heavy atom. The number of aromatic amines is 1. The second-order valence-electron chi connectivity index (χ2n) is 7.29. The Morgan fingerprint density at radius 1 is 1.33 bits per heavy atom. The molecule has 1 atom stereocenters. The Bertz CT molecular complexity index is 1060. The molecule has 3 heterocycles. The zero-order valence-corrected chi connectivity index (χ0v) is 19.1. The van der Waals surface area contributed by atoms with Gasteiger partial charge in [-0.25, -0.2) is 18.2 Å². The fourth-order valence-electron chi connectivity index (χ4n) is 3.65. The van der Waals surface area contributed by atoms with E-state index in [2.05, 4.69) is 15.3 Å². The lowest BCUT2D eigenvalue weighted by atomic mass is 9.99. The van der Waals surface area contributed by atoms with Crippen LogP contribution in [0, 0.1) is 26.7 Å². The summed E-state index contributed by atoms with van der Waals surface area (Å²) in [5.41, 5.74) is 1.66. The van der Waals surface area contributed by atoms with Crippen molar-refractivity contribution >= 4 is 38.4 Å². The van der Waals surface area contributed by atoms with Crippen molar-refractivity contribution in [2.75, 3.05) is 25.0 Å². The topological polar surface area (TPSA) is 121 Å². The van der Waals surface area contributed by atoms with Crippen LogP contribution in [0.1, 0.15) is 47.2 Å². The number of H-pyrrole nitrogens is 1. The van der Waals surface area contributed by atoms with Crippen molar-refractivity contribution in [1.29, 1.82) is 0 Å². The van der Waals surface area contributed by atoms with Crippen molar-refractivity contribution < 1.29 is 22.7 Å². The van der Waals surface area contributed by atoms with Crippen LogP contribution in [0.4, 0.5) is 5.13 Å². The highest BCUT2D eigenvalue weighted by Gasteiger charge is 2.38. The number of hydrogen-bond acceptors (Lipinski definition) is 7. The molecule has 0 saturated carbocycles. The summed E-state index contributed by atoms with van der Waals surface area (Å²) in [4.78, 5) is 32.2. The number of hydrogen-bond donors (Lipinski definition) is 2. The van der Waals surface area contributed by atoms with Gasteiger partial charge in [-0.1, -0.05) is 0 Å². The number of aryl methyl sites for hydroxylation is 3. The maximum absolute atomic E-state index is 13.4. The number of esters is 1. The Balaban J connectivity index is 1.84. The zero-order valence-electron chi connectivity index (χ0n) is 17.4. The van der Waals surface area contributed by atoms with Crippen molar-refractivity contribution in [1.82, 2.24) is 14.3 Å². The highest BCUT2D eigenvalue weighted by Crippen LogP contribution is 2.31. The third-order valence-electron chi connectivity index (χ3n) is 5.00. The normalized spacial score (nSPS) is 17.7. The molecular formula is C19H26N4O5S2. The summed E-state index contributed by atoms with van der Waals surface area (Å²) in [6.45, 7) is 7.23. The fraction of sp³-hybridized carbons (Fsp3) is 0.526. The van der Waals surface area contributed by atoms with Crippen LogP contribution in [0.25, 0.3) is 0 Å². The molecule has 0 aromatic carbocycles. The molecule has 2 N–H and O–H groups in total. The predicted octanol–water partition coefficient (Wildman–Crippen LogP) is 2.61. The van der Waals surface area contributed by atoms with E-state index in [0.29, 0.717) is 29.4 Å². The van der Waals surface area contributed by atoms with Gasteiger partial charge in [0.25, 0.3) is 0 Å². The summed E-state index contributed by atoms with van der Waals surface area (Å²) in [7, 11) is -3.99. The van der Waals surface area contributed by atoms with Gasteiger partial charge in [0.15, 0.2) is 5.13 Å². The molecule has 9 nitrogen and oxygen atoms in total. The van der Waals surface area contributed by atoms with E-state index in [-0.39, 0.29) is 36.1 Å². The van der Waals surface area contributed by atoms with Gasteiger partial charge in [0.1, 0.15) is 10.5 Å². The minimum Gasteiger partial charge on any atom is -0.462 e. The summed E-state index contributed by atoms with van der Waals surface area (Å²) < 4.78 is 33.2. The van der Waals surface area contributed by atoms with Crippen LogP contribution in [-0.2, 0) is 19.6 Å². The molecule has 0 spiro atoms. The third kappa shape index (κ3) is 4.42. The van der Waals surface area contributed by atoms with Gasteiger partial charge < -0.3 is 15.0 Å². The van der Waals surface area contributed by atoms with Crippen molar-refractivity contribution in [3.63, 3.8) is 0 Å². The first-order valence-corrected chi connectivity index (χ1v) is 12.1. The van der Waals surface area contributed by atoms with Gasteiger partial charge in [-0.2, -0.15) is 4.31 Å². The molecule has 0 radical (unpaired) electrons. The average molecular weight is 455 g/mol. The third-order valence-corrected chi connectivity index (χ3v) is 7.91. The van der Waals surface area contributed by atoms with Crippen LogP contribution in [0.2, 0.25) is 0 Å². The molecule has 0 aliphatic carbocycles. The number of thiazole rings is 1. The SMILES string of the molecule is CCOC(=O)c1c(C)[nH]c(C)c1S(=O)(=O)N1CCC[C@H](C(=O)Nc2nc(C)cs2)C1. The van der Waals surface area contributed by atoms with Crippen LogP contribution < -0.4 is 5.32 Å². The van der Waals surface area contributed by atoms with E-state index in [9.17, 15) is 18.0 Å². The Morgan fingerprint density at radius 3 is 2.70 bits per heavy atom. The molecule has 1 aliphatic heterocycles. The predicted molar refractivity (Wildman–Crippen MR) is 113 cm³/mol. The molecule has 2 aromatic rings. The lowest BCUT2D eigenvalue weighted by molar-refractivity contribution is -0.120. The Kier molecular flexibility index (Phi) is 6.63. The van der Waals surface area contributed by atoms with E-state index in [0.717, 1.165) is 5.69 Å². The average Bonchev–Trinajstić information content (AvgIpc) is 3.23. The standard InChI is InChI=1S/C19H26N4O5S2/c1-5-28-18(25)15-12(3)21-13(4)16(15)30(26,27)23-8-6-7-14(9-23)17(24)22-19-20-11(2)10-29-19/h10,14,21H,5-9H2,1-4H3,(H,20,22,24)/t14-/m0/s1. The summed E-state index contributed by atoms with van der Waals surface area (Å²) >= 11 is 1.33. The van der Waals surface area contributed by atoms with Gasteiger partial charge in [-0.3, -0.25) is 4.79 Å². The number of piperidine rings is 1. The highest BCUT2D eigenvalue weighted by atomic mass is 32.2. The summed E-state index contributed by atoms with van der Waals surface area (Å²) in [6, 6.07) is 0. The van der Waals surface area contributed by atoms with Gasteiger partial charge in [-0.15, -0.1) is 11.3 Å². The van der Waals surface area contributed by atoms with Crippen molar-refractivity contribution in [2.45, 2.75) is 45.4 Å². The van der Waals surface area contributed by atoms with Crippen molar-refractivity contribution in [3.05, 3.63) is 28.0 Å². The number of anilines is 1. The molecule has 1 amide bonds. The summed E-state index contributed by atoms with van der Waals surface area (Å²) in [6.07, 6.45) is 1.13. The van der Waals surface area contributed by atoms with Crippen LogP contribution in [-0.4, -0.2) is 54.3 Å².